The predicted octanol–water partition coefficient (Wildman–Crippen LogP) is 1.59. The highest BCUT2D eigenvalue weighted by atomic mass is 16.5. The van der Waals surface area contributed by atoms with Crippen LogP contribution in [0.4, 0.5) is 0 Å². The third kappa shape index (κ3) is 5.83. The molecule has 0 radical (unpaired) electrons. The van der Waals surface area contributed by atoms with Gasteiger partial charge in [0.05, 0.1) is 12.7 Å². The summed E-state index contributed by atoms with van der Waals surface area (Å²) in [6, 6.07) is 0. The highest BCUT2D eigenvalue weighted by Crippen LogP contribution is 2.19. The second-order valence-corrected chi connectivity index (χ2v) is 5.61. The molecule has 2 atom stereocenters. The summed E-state index contributed by atoms with van der Waals surface area (Å²) in [5.74, 6) is 1.49. The maximum absolute atomic E-state index is 5.58. The molecule has 0 saturated carbocycles. The molecule has 1 N–H and O–H groups in total. The molecule has 0 aromatic carbocycles. The van der Waals surface area contributed by atoms with Crippen molar-refractivity contribution in [3.8, 4) is 0 Å². The van der Waals surface area contributed by atoms with Gasteiger partial charge in [0.15, 0.2) is 0 Å². The van der Waals surface area contributed by atoms with E-state index in [0.717, 1.165) is 38.1 Å². The number of ether oxygens (including phenoxy) is 1. The van der Waals surface area contributed by atoms with Crippen molar-refractivity contribution in [3.63, 3.8) is 0 Å². The number of nitrogens with zero attached hydrogens (tertiary/aromatic N) is 1. The van der Waals surface area contributed by atoms with Gasteiger partial charge in [0, 0.05) is 19.6 Å². The van der Waals surface area contributed by atoms with Crippen LogP contribution in [0.3, 0.4) is 0 Å². The van der Waals surface area contributed by atoms with E-state index < -0.39 is 0 Å². The van der Waals surface area contributed by atoms with Crippen molar-refractivity contribution in [1.29, 1.82) is 0 Å². The molecule has 16 heavy (non-hydrogen) atoms. The van der Waals surface area contributed by atoms with Gasteiger partial charge in [-0.25, -0.2) is 0 Å². The molecule has 0 amide bonds. The molecule has 0 aromatic heterocycles. The molecule has 1 rings (SSSR count). The van der Waals surface area contributed by atoms with E-state index >= 15 is 0 Å². The van der Waals surface area contributed by atoms with Crippen molar-refractivity contribution in [2.75, 3.05) is 39.8 Å². The normalized spacial score (nSPS) is 25.9. The number of rotatable bonds is 7. The first-order chi connectivity index (χ1) is 7.58. The summed E-state index contributed by atoms with van der Waals surface area (Å²) < 4.78 is 5.58. The minimum Gasteiger partial charge on any atom is -0.378 e. The monoisotopic (exact) mass is 228 g/mol. The number of hydrogen-bond donors (Lipinski definition) is 1. The summed E-state index contributed by atoms with van der Waals surface area (Å²) in [7, 11) is 2.21. The Kier molecular flexibility index (Phi) is 6.32. The highest BCUT2D eigenvalue weighted by Gasteiger charge is 2.22. The zero-order chi connectivity index (χ0) is 12.0. The van der Waals surface area contributed by atoms with Crippen LogP contribution < -0.4 is 5.32 Å². The van der Waals surface area contributed by atoms with Gasteiger partial charge in [0.2, 0.25) is 0 Å². The Morgan fingerprint density at radius 2 is 2.19 bits per heavy atom. The Balaban J connectivity index is 2.00. The SMILES string of the molecule is CC(C)CNCCN(C)CC1COC(C)C1. The van der Waals surface area contributed by atoms with Crippen LogP contribution in [0.2, 0.25) is 0 Å². The lowest BCUT2D eigenvalue weighted by molar-refractivity contribution is 0.117. The fourth-order valence-corrected chi connectivity index (χ4v) is 2.23. The number of nitrogens with one attached hydrogen (secondary N) is 1. The van der Waals surface area contributed by atoms with Crippen LogP contribution in [0.5, 0.6) is 0 Å². The molecule has 1 saturated heterocycles. The van der Waals surface area contributed by atoms with Crippen LogP contribution in [0, 0.1) is 11.8 Å². The second-order valence-electron chi connectivity index (χ2n) is 5.61. The molecule has 1 fully saturated rings. The average Bonchev–Trinajstić information content (AvgIpc) is 2.58. The van der Waals surface area contributed by atoms with E-state index in [1.807, 2.05) is 0 Å². The van der Waals surface area contributed by atoms with Crippen molar-refractivity contribution in [2.24, 2.45) is 11.8 Å². The van der Waals surface area contributed by atoms with E-state index in [1.54, 1.807) is 0 Å². The van der Waals surface area contributed by atoms with Gasteiger partial charge in [-0.2, -0.15) is 0 Å². The van der Waals surface area contributed by atoms with Gasteiger partial charge in [0.25, 0.3) is 0 Å². The van der Waals surface area contributed by atoms with Gasteiger partial charge in [-0.1, -0.05) is 13.8 Å². The Morgan fingerprint density at radius 1 is 1.44 bits per heavy atom. The summed E-state index contributed by atoms with van der Waals surface area (Å²) in [5, 5.41) is 3.48. The summed E-state index contributed by atoms with van der Waals surface area (Å²) >= 11 is 0. The molecule has 3 heteroatoms. The fourth-order valence-electron chi connectivity index (χ4n) is 2.23. The first-order valence-electron chi connectivity index (χ1n) is 6.58. The third-order valence-electron chi connectivity index (χ3n) is 3.07. The van der Waals surface area contributed by atoms with Crippen LogP contribution in [0.25, 0.3) is 0 Å². The molecule has 0 aliphatic carbocycles. The number of likely N-dealkylation sites (N-methyl/N-ethyl adjacent to an activating group) is 1. The van der Waals surface area contributed by atoms with Gasteiger partial charge < -0.3 is 15.0 Å². The van der Waals surface area contributed by atoms with E-state index in [9.17, 15) is 0 Å². The average molecular weight is 228 g/mol. The molecule has 0 spiro atoms. The lowest BCUT2D eigenvalue weighted by Gasteiger charge is -2.20. The Hall–Kier alpha value is -0.120. The van der Waals surface area contributed by atoms with E-state index in [1.165, 1.54) is 13.0 Å². The topological polar surface area (TPSA) is 24.5 Å². The van der Waals surface area contributed by atoms with Crippen LogP contribution in [0.1, 0.15) is 27.2 Å². The molecular formula is C13H28N2O. The standard InChI is InChI=1S/C13H28N2O/c1-11(2)8-14-5-6-15(4)9-13-7-12(3)16-10-13/h11-14H,5-10H2,1-4H3. The van der Waals surface area contributed by atoms with Gasteiger partial charge in [-0.3, -0.25) is 0 Å². The van der Waals surface area contributed by atoms with Crippen molar-refractivity contribution in [2.45, 2.75) is 33.3 Å². The van der Waals surface area contributed by atoms with E-state index in [4.69, 9.17) is 4.74 Å². The summed E-state index contributed by atoms with van der Waals surface area (Å²) in [4.78, 5) is 2.42. The Bertz CT molecular complexity index is 185. The van der Waals surface area contributed by atoms with E-state index in [0.29, 0.717) is 6.10 Å². The minimum atomic E-state index is 0.470. The summed E-state index contributed by atoms with van der Waals surface area (Å²) in [6.45, 7) is 12.1. The quantitative estimate of drug-likeness (QED) is 0.670. The van der Waals surface area contributed by atoms with Gasteiger partial charge in [0.1, 0.15) is 0 Å². The second kappa shape index (κ2) is 7.25. The highest BCUT2D eigenvalue weighted by molar-refractivity contribution is 4.73. The van der Waals surface area contributed by atoms with Crippen LogP contribution >= 0.6 is 0 Å². The zero-order valence-corrected chi connectivity index (χ0v) is 11.3. The lowest BCUT2D eigenvalue weighted by Crippen LogP contribution is -2.34. The van der Waals surface area contributed by atoms with Gasteiger partial charge in [-0.15, -0.1) is 0 Å². The predicted molar refractivity (Wildman–Crippen MR) is 68.7 cm³/mol. The molecular weight excluding hydrogens is 200 g/mol. The Labute approximate surface area is 101 Å². The molecule has 2 unspecified atom stereocenters. The van der Waals surface area contributed by atoms with Gasteiger partial charge >= 0.3 is 0 Å². The molecule has 3 nitrogen and oxygen atoms in total. The largest absolute Gasteiger partial charge is 0.378 e. The van der Waals surface area contributed by atoms with E-state index in [2.05, 4.69) is 38.0 Å². The third-order valence-corrected chi connectivity index (χ3v) is 3.07. The van der Waals surface area contributed by atoms with E-state index in [-0.39, 0.29) is 0 Å². The van der Waals surface area contributed by atoms with Gasteiger partial charge in [-0.05, 0) is 38.8 Å². The van der Waals surface area contributed by atoms with Crippen LogP contribution in [-0.2, 0) is 4.74 Å². The minimum absolute atomic E-state index is 0.470. The first-order valence-corrected chi connectivity index (χ1v) is 6.58. The molecule has 0 bridgehead atoms. The Morgan fingerprint density at radius 3 is 2.75 bits per heavy atom. The maximum Gasteiger partial charge on any atom is 0.0551 e. The van der Waals surface area contributed by atoms with Crippen molar-refractivity contribution < 1.29 is 4.74 Å². The summed E-state index contributed by atoms with van der Waals surface area (Å²) in [6.07, 6.45) is 1.70. The fraction of sp³-hybridized carbons (Fsp3) is 1.00. The van der Waals surface area contributed by atoms with Crippen LogP contribution in [-0.4, -0.2) is 50.8 Å². The first kappa shape index (κ1) is 13.9. The lowest BCUT2D eigenvalue weighted by atomic mass is 10.1. The molecule has 1 aliphatic heterocycles. The maximum atomic E-state index is 5.58. The molecule has 0 aromatic rings. The van der Waals surface area contributed by atoms with Crippen molar-refractivity contribution in [1.82, 2.24) is 10.2 Å². The van der Waals surface area contributed by atoms with Crippen molar-refractivity contribution in [3.05, 3.63) is 0 Å². The molecule has 1 aliphatic rings. The molecule has 1 heterocycles. The zero-order valence-electron chi connectivity index (χ0n) is 11.3. The molecule has 96 valence electrons. The summed E-state index contributed by atoms with van der Waals surface area (Å²) in [5.41, 5.74) is 0. The number of hydrogen-bond acceptors (Lipinski definition) is 3. The van der Waals surface area contributed by atoms with Crippen LogP contribution in [0.15, 0.2) is 0 Å². The van der Waals surface area contributed by atoms with Crippen molar-refractivity contribution >= 4 is 0 Å². The smallest absolute Gasteiger partial charge is 0.0551 e.